The van der Waals surface area contributed by atoms with E-state index in [1.165, 1.54) is 0 Å². The van der Waals surface area contributed by atoms with Gasteiger partial charge in [0.15, 0.2) is 5.79 Å². The summed E-state index contributed by atoms with van der Waals surface area (Å²) >= 11 is 0. The van der Waals surface area contributed by atoms with Crippen LogP contribution < -0.4 is 0 Å². The van der Waals surface area contributed by atoms with E-state index < -0.39 is 5.79 Å². The Labute approximate surface area is 80.9 Å². The average molecular weight is 184 g/mol. The number of hydrogen-bond donors (Lipinski definition) is 0. The van der Waals surface area contributed by atoms with Crippen LogP contribution in [-0.4, -0.2) is 19.0 Å². The first-order chi connectivity index (χ1) is 6.09. The van der Waals surface area contributed by atoms with Crippen LogP contribution in [0.2, 0.25) is 0 Å². The molecule has 0 spiro atoms. The highest BCUT2D eigenvalue weighted by Gasteiger charge is 2.39. The van der Waals surface area contributed by atoms with E-state index in [-0.39, 0.29) is 0 Å². The Kier molecular flexibility index (Phi) is 3.51. The van der Waals surface area contributed by atoms with Crippen molar-refractivity contribution < 1.29 is 9.47 Å². The zero-order chi connectivity index (χ0) is 9.90. The molecule has 0 bridgehead atoms. The van der Waals surface area contributed by atoms with Gasteiger partial charge in [-0.25, -0.2) is 0 Å². The molecule has 2 nitrogen and oxygen atoms in total. The molecule has 0 fully saturated rings. The summed E-state index contributed by atoms with van der Waals surface area (Å²) < 4.78 is 11.6. The van der Waals surface area contributed by atoms with Gasteiger partial charge in [0.1, 0.15) is 0 Å². The van der Waals surface area contributed by atoms with Crippen LogP contribution >= 0.6 is 0 Å². The van der Waals surface area contributed by atoms with Crippen LogP contribution in [0.15, 0.2) is 12.2 Å². The summed E-state index contributed by atoms with van der Waals surface area (Å²) in [5.41, 5.74) is 0. The zero-order valence-electron chi connectivity index (χ0n) is 9.04. The van der Waals surface area contributed by atoms with Crippen molar-refractivity contribution in [3.05, 3.63) is 12.2 Å². The standard InChI is InChI=1S/C11H20O2/c1-9(2)11(10(3)4)12-7-5-6-8-13-11/h5-6,9-10H,7-8H2,1-4H3. The molecule has 1 aliphatic rings. The topological polar surface area (TPSA) is 18.5 Å². The molecule has 0 aromatic rings. The van der Waals surface area contributed by atoms with Gasteiger partial charge < -0.3 is 9.47 Å². The molecule has 1 aliphatic heterocycles. The lowest BCUT2D eigenvalue weighted by atomic mass is 9.91. The van der Waals surface area contributed by atoms with Gasteiger partial charge in [0.25, 0.3) is 0 Å². The SMILES string of the molecule is CC(C)C1(C(C)C)OCC=CCO1. The maximum Gasteiger partial charge on any atom is 0.173 e. The second-order valence-corrected chi connectivity index (χ2v) is 4.12. The molecule has 0 N–H and O–H groups in total. The average Bonchev–Trinajstić information content (AvgIpc) is 2.28. The number of rotatable bonds is 2. The summed E-state index contributed by atoms with van der Waals surface area (Å²) in [5, 5.41) is 0. The van der Waals surface area contributed by atoms with E-state index in [0.29, 0.717) is 25.0 Å². The summed E-state index contributed by atoms with van der Waals surface area (Å²) in [6, 6.07) is 0. The van der Waals surface area contributed by atoms with Crippen LogP contribution in [0.4, 0.5) is 0 Å². The minimum Gasteiger partial charge on any atom is -0.345 e. The smallest absolute Gasteiger partial charge is 0.173 e. The lowest BCUT2D eigenvalue weighted by molar-refractivity contribution is -0.272. The molecule has 0 aliphatic carbocycles. The molecule has 0 amide bonds. The molecular weight excluding hydrogens is 164 g/mol. The molecule has 76 valence electrons. The third kappa shape index (κ3) is 2.12. The van der Waals surface area contributed by atoms with E-state index in [4.69, 9.17) is 9.47 Å². The Bertz CT molecular complexity index is 163. The molecule has 0 unspecified atom stereocenters. The quantitative estimate of drug-likeness (QED) is 0.614. The second kappa shape index (κ2) is 4.25. The first kappa shape index (κ1) is 10.7. The minimum absolute atomic E-state index is 0.382. The second-order valence-electron chi connectivity index (χ2n) is 4.12. The van der Waals surface area contributed by atoms with Gasteiger partial charge in [-0.2, -0.15) is 0 Å². The normalized spacial score (nSPS) is 22.3. The van der Waals surface area contributed by atoms with Crippen LogP contribution in [0.3, 0.4) is 0 Å². The van der Waals surface area contributed by atoms with Gasteiger partial charge in [0, 0.05) is 11.8 Å². The largest absolute Gasteiger partial charge is 0.345 e. The Balaban J connectivity index is 2.77. The summed E-state index contributed by atoms with van der Waals surface area (Å²) in [5.74, 6) is 0.364. The van der Waals surface area contributed by atoms with Crippen molar-refractivity contribution >= 4 is 0 Å². The van der Waals surface area contributed by atoms with Crippen LogP contribution in [0.1, 0.15) is 27.7 Å². The Morgan fingerprint density at radius 1 is 0.923 bits per heavy atom. The number of hydrogen-bond acceptors (Lipinski definition) is 2. The lowest BCUT2D eigenvalue weighted by Crippen LogP contribution is -2.46. The predicted octanol–water partition coefficient (Wildman–Crippen LogP) is 2.60. The van der Waals surface area contributed by atoms with Crippen molar-refractivity contribution in [1.29, 1.82) is 0 Å². The van der Waals surface area contributed by atoms with Gasteiger partial charge >= 0.3 is 0 Å². The highest BCUT2D eigenvalue weighted by Crippen LogP contribution is 2.32. The van der Waals surface area contributed by atoms with Gasteiger partial charge in [-0.3, -0.25) is 0 Å². The maximum absolute atomic E-state index is 5.80. The van der Waals surface area contributed by atoms with E-state index in [2.05, 4.69) is 27.7 Å². The van der Waals surface area contributed by atoms with E-state index in [1.54, 1.807) is 0 Å². The molecule has 0 radical (unpaired) electrons. The highest BCUT2D eigenvalue weighted by molar-refractivity contribution is 4.89. The third-order valence-electron chi connectivity index (χ3n) is 2.59. The highest BCUT2D eigenvalue weighted by atomic mass is 16.7. The van der Waals surface area contributed by atoms with Crippen molar-refractivity contribution in [3.63, 3.8) is 0 Å². The molecule has 0 saturated heterocycles. The van der Waals surface area contributed by atoms with Gasteiger partial charge in [0.05, 0.1) is 13.2 Å². The predicted molar refractivity (Wildman–Crippen MR) is 53.5 cm³/mol. The first-order valence-corrected chi connectivity index (χ1v) is 5.02. The van der Waals surface area contributed by atoms with Crippen molar-refractivity contribution in [3.8, 4) is 0 Å². The molecule has 0 aromatic carbocycles. The van der Waals surface area contributed by atoms with Gasteiger partial charge in [0.2, 0.25) is 0 Å². The van der Waals surface area contributed by atoms with E-state index >= 15 is 0 Å². The third-order valence-corrected chi connectivity index (χ3v) is 2.59. The lowest BCUT2D eigenvalue weighted by Gasteiger charge is -2.39. The molecule has 0 saturated carbocycles. The molecule has 0 aromatic heterocycles. The molecule has 2 heteroatoms. The summed E-state index contributed by atoms with van der Waals surface area (Å²) in [7, 11) is 0. The summed E-state index contributed by atoms with van der Waals surface area (Å²) in [4.78, 5) is 0. The van der Waals surface area contributed by atoms with E-state index in [0.717, 1.165) is 0 Å². The fraction of sp³-hybridized carbons (Fsp3) is 0.818. The van der Waals surface area contributed by atoms with E-state index in [9.17, 15) is 0 Å². The molecular formula is C11H20O2. The summed E-state index contributed by atoms with van der Waals surface area (Å²) in [6.07, 6.45) is 4.04. The van der Waals surface area contributed by atoms with Crippen LogP contribution in [-0.2, 0) is 9.47 Å². The van der Waals surface area contributed by atoms with Gasteiger partial charge in [-0.15, -0.1) is 0 Å². The molecule has 1 rings (SSSR count). The van der Waals surface area contributed by atoms with Crippen LogP contribution in [0.25, 0.3) is 0 Å². The fourth-order valence-corrected chi connectivity index (χ4v) is 1.87. The first-order valence-electron chi connectivity index (χ1n) is 5.02. The van der Waals surface area contributed by atoms with Gasteiger partial charge in [-0.1, -0.05) is 39.8 Å². The van der Waals surface area contributed by atoms with Crippen molar-refractivity contribution in [2.24, 2.45) is 11.8 Å². The van der Waals surface area contributed by atoms with Crippen molar-refractivity contribution in [1.82, 2.24) is 0 Å². The van der Waals surface area contributed by atoms with Crippen molar-refractivity contribution in [2.75, 3.05) is 13.2 Å². The van der Waals surface area contributed by atoms with E-state index in [1.807, 2.05) is 12.2 Å². The van der Waals surface area contributed by atoms with Crippen molar-refractivity contribution in [2.45, 2.75) is 33.5 Å². The summed E-state index contributed by atoms with van der Waals surface area (Å²) in [6.45, 7) is 9.90. The van der Waals surface area contributed by atoms with Gasteiger partial charge in [-0.05, 0) is 0 Å². The number of ether oxygens (including phenoxy) is 2. The minimum atomic E-state index is -0.399. The molecule has 0 atom stereocenters. The van der Waals surface area contributed by atoms with Crippen LogP contribution in [0, 0.1) is 11.8 Å². The Morgan fingerprint density at radius 2 is 1.31 bits per heavy atom. The molecule has 13 heavy (non-hydrogen) atoms. The van der Waals surface area contributed by atoms with Crippen LogP contribution in [0.5, 0.6) is 0 Å². The Morgan fingerprint density at radius 3 is 1.62 bits per heavy atom. The molecule has 1 heterocycles. The monoisotopic (exact) mass is 184 g/mol. The fourth-order valence-electron chi connectivity index (χ4n) is 1.87. The Hall–Kier alpha value is -0.340. The maximum atomic E-state index is 5.80. The zero-order valence-corrected chi connectivity index (χ0v) is 9.04.